The number of carbonyl (C=O) groups is 2. The Labute approximate surface area is 173 Å². The highest BCUT2D eigenvalue weighted by molar-refractivity contribution is 5.89. The van der Waals surface area contributed by atoms with Crippen LogP contribution in [0.3, 0.4) is 0 Å². The minimum atomic E-state index is -4.97. The van der Waals surface area contributed by atoms with Crippen molar-refractivity contribution in [2.75, 3.05) is 6.54 Å². The van der Waals surface area contributed by atoms with Crippen molar-refractivity contribution in [1.82, 2.24) is 10.2 Å². The molecule has 0 bridgehead atoms. The zero-order valence-corrected chi connectivity index (χ0v) is 16.1. The van der Waals surface area contributed by atoms with Crippen LogP contribution in [0.4, 0.5) is 26.3 Å². The third-order valence-electron chi connectivity index (χ3n) is 4.92. The molecule has 0 spiro atoms. The first-order chi connectivity index (χ1) is 14.4. The Kier molecular flexibility index (Phi) is 6.28. The summed E-state index contributed by atoms with van der Waals surface area (Å²) in [6.07, 6.45) is -10.1. The Morgan fingerprint density at radius 1 is 0.935 bits per heavy atom. The summed E-state index contributed by atoms with van der Waals surface area (Å²) in [5, 5.41) is 2.69. The van der Waals surface area contributed by atoms with E-state index in [4.69, 9.17) is 0 Å². The van der Waals surface area contributed by atoms with Crippen LogP contribution in [0.2, 0.25) is 0 Å². The summed E-state index contributed by atoms with van der Waals surface area (Å²) in [5.41, 5.74) is -2.34. The van der Waals surface area contributed by atoms with Gasteiger partial charge in [-0.25, -0.2) is 0 Å². The van der Waals surface area contributed by atoms with Gasteiger partial charge in [0.1, 0.15) is 0 Å². The van der Waals surface area contributed by atoms with Crippen LogP contribution in [0.1, 0.15) is 28.7 Å². The second-order valence-corrected chi connectivity index (χ2v) is 7.29. The summed E-state index contributed by atoms with van der Waals surface area (Å²) in [6, 6.07) is 10.2. The van der Waals surface area contributed by atoms with E-state index in [0.29, 0.717) is 12.1 Å². The third-order valence-corrected chi connectivity index (χ3v) is 4.92. The first-order valence-electron chi connectivity index (χ1n) is 9.31. The largest absolute Gasteiger partial charge is 0.416 e. The maximum atomic E-state index is 13.0. The number of benzene rings is 2. The van der Waals surface area contributed by atoms with Crippen LogP contribution < -0.4 is 5.32 Å². The molecule has 31 heavy (non-hydrogen) atoms. The quantitative estimate of drug-likeness (QED) is 0.696. The SMILES string of the molecule is O=C(NCc1ccccc1)[C@H]1CC(=O)N(Cc2cc(C(F)(F)F)cc(C(F)(F)F)c2)C1. The molecule has 1 atom stereocenters. The molecule has 0 aromatic heterocycles. The predicted molar refractivity (Wildman–Crippen MR) is 98.3 cm³/mol. The molecule has 10 heteroatoms. The molecule has 0 saturated carbocycles. The van der Waals surface area contributed by atoms with Gasteiger partial charge in [0, 0.05) is 26.1 Å². The van der Waals surface area contributed by atoms with Crippen LogP contribution in [0, 0.1) is 5.92 Å². The summed E-state index contributed by atoms with van der Waals surface area (Å²) in [7, 11) is 0. The van der Waals surface area contributed by atoms with E-state index in [2.05, 4.69) is 5.32 Å². The molecule has 3 rings (SSSR count). The van der Waals surface area contributed by atoms with E-state index in [1.54, 1.807) is 24.3 Å². The van der Waals surface area contributed by atoms with Crippen molar-refractivity contribution < 1.29 is 35.9 Å². The van der Waals surface area contributed by atoms with Crippen LogP contribution in [0.5, 0.6) is 0 Å². The lowest BCUT2D eigenvalue weighted by Crippen LogP contribution is -2.32. The van der Waals surface area contributed by atoms with Gasteiger partial charge in [-0.2, -0.15) is 26.3 Å². The lowest BCUT2D eigenvalue weighted by molar-refractivity contribution is -0.143. The fourth-order valence-corrected chi connectivity index (χ4v) is 3.36. The Morgan fingerprint density at radius 2 is 1.52 bits per heavy atom. The fraction of sp³-hybridized carbons (Fsp3) is 0.333. The van der Waals surface area contributed by atoms with E-state index in [0.717, 1.165) is 10.5 Å². The smallest absolute Gasteiger partial charge is 0.352 e. The normalized spacial score (nSPS) is 17.2. The molecule has 1 aliphatic rings. The fourth-order valence-electron chi connectivity index (χ4n) is 3.36. The van der Waals surface area contributed by atoms with E-state index in [-0.39, 0.29) is 31.1 Å². The molecule has 0 unspecified atom stereocenters. The Bertz CT molecular complexity index is 924. The number of nitrogens with one attached hydrogen (secondary N) is 1. The summed E-state index contributed by atoms with van der Waals surface area (Å²) in [5.74, 6) is -1.64. The average molecular weight is 444 g/mol. The molecule has 1 fully saturated rings. The molecule has 0 aliphatic carbocycles. The molecule has 1 saturated heterocycles. The second kappa shape index (κ2) is 8.60. The zero-order chi connectivity index (χ0) is 22.8. The van der Waals surface area contributed by atoms with Gasteiger partial charge in [-0.1, -0.05) is 30.3 Å². The molecule has 166 valence electrons. The van der Waals surface area contributed by atoms with Crippen LogP contribution in [-0.4, -0.2) is 23.3 Å². The maximum absolute atomic E-state index is 13.0. The number of alkyl halides is 6. The van der Waals surface area contributed by atoms with Crippen LogP contribution in [0.25, 0.3) is 0 Å². The summed E-state index contributed by atoms with van der Waals surface area (Å²) < 4.78 is 78.1. The number of rotatable bonds is 5. The topological polar surface area (TPSA) is 49.4 Å². The third kappa shape index (κ3) is 5.77. The molecular formula is C21H18F6N2O2. The Balaban J connectivity index is 1.70. The molecule has 2 aromatic carbocycles. The molecule has 2 amide bonds. The minimum absolute atomic E-state index is 0.0368. The van der Waals surface area contributed by atoms with E-state index in [1.807, 2.05) is 6.07 Å². The van der Waals surface area contributed by atoms with Crippen LogP contribution >= 0.6 is 0 Å². The minimum Gasteiger partial charge on any atom is -0.352 e. The second-order valence-electron chi connectivity index (χ2n) is 7.29. The van der Waals surface area contributed by atoms with Gasteiger partial charge in [0.15, 0.2) is 0 Å². The molecule has 4 nitrogen and oxygen atoms in total. The van der Waals surface area contributed by atoms with Gasteiger partial charge < -0.3 is 10.2 Å². The average Bonchev–Trinajstić information content (AvgIpc) is 3.06. The predicted octanol–water partition coefficient (Wildman–Crippen LogP) is 4.39. The van der Waals surface area contributed by atoms with Crippen molar-refractivity contribution in [3.05, 3.63) is 70.8 Å². The number of halogens is 6. The van der Waals surface area contributed by atoms with Crippen LogP contribution in [0.15, 0.2) is 48.5 Å². The molecule has 1 heterocycles. The van der Waals surface area contributed by atoms with E-state index < -0.39 is 47.8 Å². The van der Waals surface area contributed by atoms with Gasteiger partial charge in [0.2, 0.25) is 11.8 Å². The number of hydrogen-bond donors (Lipinski definition) is 1. The Morgan fingerprint density at radius 3 is 2.06 bits per heavy atom. The van der Waals surface area contributed by atoms with Crippen molar-refractivity contribution in [2.24, 2.45) is 5.92 Å². The number of nitrogens with zero attached hydrogens (tertiary/aromatic N) is 1. The number of likely N-dealkylation sites (tertiary alicyclic amines) is 1. The van der Waals surface area contributed by atoms with Crippen molar-refractivity contribution in [1.29, 1.82) is 0 Å². The lowest BCUT2D eigenvalue weighted by Gasteiger charge is -2.19. The zero-order valence-electron chi connectivity index (χ0n) is 16.1. The van der Waals surface area contributed by atoms with E-state index in [1.165, 1.54) is 0 Å². The maximum Gasteiger partial charge on any atom is 0.416 e. The van der Waals surface area contributed by atoms with Gasteiger partial charge >= 0.3 is 12.4 Å². The van der Waals surface area contributed by atoms with E-state index in [9.17, 15) is 35.9 Å². The molecule has 1 N–H and O–H groups in total. The summed E-state index contributed by atoms with van der Waals surface area (Å²) in [4.78, 5) is 25.7. The standard InChI is InChI=1S/C21H18F6N2O2/c22-20(23,24)16-6-14(7-17(9-16)21(25,26)27)11-29-12-15(8-18(29)30)19(31)28-10-13-4-2-1-3-5-13/h1-7,9,15H,8,10-12H2,(H,28,31)/t15-/m0/s1. The van der Waals surface area contributed by atoms with Gasteiger partial charge in [-0.3, -0.25) is 9.59 Å². The van der Waals surface area contributed by atoms with Crippen molar-refractivity contribution >= 4 is 11.8 Å². The summed E-state index contributed by atoms with van der Waals surface area (Å²) >= 11 is 0. The van der Waals surface area contributed by atoms with Gasteiger partial charge in [-0.05, 0) is 29.3 Å². The highest BCUT2D eigenvalue weighted by Gasteiger charge is 2.38. The number of hydrogen-bond acceptors (Lipinski definition) is 2. The highest BCUT2D eigenvalue weighted by Crippen LogP contribution is 2.36. The van der Waals surface area contributed by atoms with E-state index >= 15 is 0 Å². The monoisotopic (exact) mass is 444 g/mol. The van der Waals surface area contributed by atoms with Gasteiger partial charge in [0.25, 0.3) is 0 Å². The van der Waals surface area contributed by atoms with Crippen molar-refractivity contribution in [2.45, 2.75) is 31.9 Å². The summed E-state index contributed by atoms with van der Waals surface area (Å²) in [6.45, 7) is -0.293. The molecular weight excluding hydrogens is 426 g/mol. The molecule has 0 radical (unpaired) electrons. The molecule has 1 aliphatic heterocycles. The first kappa shape index (κ1) is 22.6. The highest BCUT2D eigenvalue weighted by atomic mass is 19.4. The number of carbonyl (C=O) groups excluding carboxylic acids is 2. The Hall–Kier alpha value is -3.04. The van der Waals surface area contributed by atoms with Crippen LogP contribution in [-0.2, 0) is 35.0 Å². The van der Waals surface area contributed by atoms with Gasteiger partial charge in [-0.15, -0.1) is 0 Å². The first-order valence-corrected chi connectivity index (χ1v) is 9.31. The van der Waals surface area contributed by atoms with Crippen molar-refractivity contribution in [3.63, 3.8) is 0 Å². The molecule has 2 aromatic rings. The lowest BCUT2D eigenvalue weighted by atomic mass is 10.0. The van der Waals surface area contributed by atoms with Gasteiger partial charge in [0.05, 0.1) is 17.0 Å². The number of amides is 2. The van der Waals surface area contributed by atoms with Crippen molar-refractivity contribution in [3.8, 4) is 0 Å².